The van der Waals surface area contributed by atoms with Crippen molar-refractivity contribution in [2.75, 3.05) is 5.32 Å². The van der Waals surface area contributed by atoms with Gasteiger partial charge < -0.3 is 5.32 Å². The number of aromatic nitrogens is 1. The van der Waals surface area contributed by atoms with E-state index in [1.54, 1.807) is 6.07 Å². The van der Waals surface area contributed by atoms with Crippen LogP contribution >= 0.6 is 15.9 Å². The normalized spacial score (nSPS) is 11.2. The Labute approximate surface area is 172 Å². The lowest BCUT2D eigenvalue weighted by molar-refractivity contribution is 0.580. The van der Waals surface area contributed by atoms with Gasteiger partial charge in [0.25, 0.3) is 0 Å². The number of rotatable bonds is 5. The van der Waals surface area contributed by atoms with Crippen LogP contribution in [0.1, 0.15) is 16.7 Å². The lowest BCUT2D eigenvalue weighted by Crippen LogP contribution is -2.38. The van der Waals surface area contributed by atoms with E-state index in [0.717, 1.165) is 16.7 Å². The maximum atomic E-state index is 14.0. The van der Waals surface area contributed by atoms with Gasteiger partial charge in [0.15, 0.2) is 0 Å². The fourth-order valence-corrected chi connectivity index (χ4v) is 3.95. The van der Waals surface area contributed by atoms with E-state index in [9.17, 15) is 4.39 Å². The van der Waals surface area contributed by atoms with E-state index in [2.05, 4.69) is 62.6 Å². The van der Waals surface area contributed by atoms with Crippen LogP contribution in [-0.2, 0) is 5.54 Å². The largest absolute Gasteiger partial charge is 0.368 e. The molecule has 1 N–H and O–H groups in total. The molecular weight excluding hydrogens is 415 g/mol. The smallest absolute Gasteiger partial charge is 0.215 e. The molecule has 28 heavy (non-hydrogen) atoms. The van der Waals surface area contributed by atoms with Gasteiger partial charge in [-0.2, -0.15) is 4.39 Å². The van der Waals surface area contributed by atoms with E-state index >= 15 is 0 Å². The van der Waals surface area contributed by atoms with E-state index in [1.807, 2.05) is 54.6 Å². The van der Waals surface area contributed by atoms with Crippen molar-refractivity contribution in [3.05, 3.63) is 130 Å². The Morgan fingerprint density at radius 1 is 0.679 bits per heavy atom. The monoisotopic (exact) mass is 432 g/mol. The molecule has 0 fully saturated rings. The zero-order chi connectivity index (χ0) is 19.4. The highest BCUT2D eigenvalue weighted by atomic mass is 79.9. The van der Waals surface area contributed by atoms with Gasteiger partial charge in [0.2, 0.25) is 5.95 Å². The fraction of sp³-hybridized carbons (Fsp3) is 0.0417. The molecule has 0 aliphatic carbocycles. The molecule has 0 aliphatic rings. The first-order chi connectivity index (χ1) is 13.7. The minimum atomic E-state index is -0.697. The standard InChI is InChI=1S/C24H18BrFN2/c25-22-16-21(17-23(26)27-22)28-24(18-10-4-1-5-11-18,19-12-6-2-7-13-19)20-14-8-3-9-15-20/h1-17H,(H,27,28). The SMILES string of the molecule is Fc1cc(NC(c2ccccc2)(c2ccccc2)c2ccccc2)cc(Br)n1. The van der Waals surface area contributed by atoms with Crippen LogP contribution in [0, 0.1) is 5.95 Å². The summed E-state index contributed by atoms with van der Waals surface area (Å²) in [4.78, 5) is 3.79. The van der Waals surface area contributed by atoms with E-state index < -0.39 is 11.5 Å². The third-order valence-electron chi connectivity index (χ3n) is 4.72. The minimum absolute atomic E-state index is 0.443. The molecule has 3 aromatic carbocycles. The molecule has 0 atom stereocenters. The second-order valence-electron chi connectivity index (χ2n) is 6.47. The molecular formula is C24H18BrFN2. The van der Waals surface area contributed by atoms with Crippen LogP contribution in [0.3, 0.4) is 0 Å². The van der Waals surface area contributed by atoms with Gasteiger partial charge >= 0.3 is 0 Å². The van der Waals surface area contributed by atoms with Crippen molar-refractivity contribution in [1.29, 1.82) is 0 Å². The summed E-state index contributed by atoms with van der Waals surface area (Å²) in [5.41, 5.74) is 3.11. The van der Waals surface area contributed by atoms with Gasteiger partial charge in [-0.1, -0.05) is 91.0 Å². The van der Waals surface area contributed by atoms with Gasteiger partial charge in [-0.15, -0.1) is 0 Å². The topological polar surface area (TPSA) is 24.9 Å². The van der Waals surface area contributed by atoms with Crippen molar-refractivity contribution in [2.24, 2.45) is 0 Å². The first-order valence-corrected chi connectivity index (χ1v) is 9.75. The molecule has 0 bridgehead atoms. The van der Waals surface area contributed by atoms with Gasteiger partial charge in [0.1, 0.15) is 10.1 Å². The summed E-state index contributed by atoms with van der Waals surface area (Å²) in [5, 5.41) is 3.61. The number of hydrogen-bond acceptors (Lipinski definition) is 2. The molecule has 4 heteroatoms. The van der Waals surface area contributed by atoms with E-state index in [0.29, 0.717) is 10.3 Å². The third kappa shape index (κ3) is 3.56. The highest BCUT2D eigenvalue weighted by molar-refractivity contribution is 9.10. The average Bonchev–Trinajstić information content (AvgIpc) is 2.73. The molecule has 0 radical (unpaired) electrons. The number of nitrogens with one attached hydrogen (secondary N) is 1. The maximum Gasteiger partial charge on any atom is 0.215 e. The molecule has 0 saturated carbocycles. The molecule has 0 spiro atoms. The zero-order valence-electron chi connectivity index (χ0n) is 15.0. The molecule has 1 aromatic heterocycles. The highest BCUT2D eigenvalue weighted by Gasteiger charge is 2.36. The average molecular weight is 433 g/mol. The van der Waals surface area contributed by atoms with Gasteiger partial charge in [-0.05, 0) is 38.7 Å². The van der Waals surface area contributed by atoms with E-state index in [4.69, 9.17) is 0 Å². The lowest BCUT2D eigenvalue weighted by Gasteiger charge is -2.38. The van der Waals surface area contributed by atoms with Crippen LogP contribution in [-0.4, -0.2) is 4.98 Å². The van der Waals surface area contributed by atoms with Crippen molar-refractivity contribution in [3.63, 3.8) is 0 Å². The molecule has 0 saturated heterocycles. The van der Waals surface area contributed by atoms with E-state index in [-0.39, 0.29) is 0 Å². The van der Waals surface area contributed by atoms with Crippen LogP contribution in [0.4, 0.5) is 10.1 Å². The van der Waals surface area contributed by atoms with Crippen LogP contribution in [0.25, 0.3) is 0 Å². The second kappa shape index (κ2) is 7.95. The Bertz CT molecular complexity index is 937. The first-order valence-electron chi connectivity index (χ1n) is 8.96. The molecule has 4 aromatic rings. The number of anilines is 1. The van der Waals surface area contributed by atoms with Crippen LogP contribution < -0.4 is 5.32 Å². The Morgan fingerprint density at radius 3 is 1.50 bits per heavy atom. The first kappa shape index (κ1) is 18.4. The lowest BCUT2D eigenvalue weighted by atomic mass is 9.77. The third-order valence-corrected chi connectivity index (χ3v) is 5.12. The summed E-state index contributed by atoms with van der Waals surface area (Å²) in [7, 11) is 0. The predicted molar refractivity (Wildman–Crippen MR) is 115 cm³/mol. The number of benzene rings is 3. The van der Waals surface area contributed by atoms with Crippen LogP contribution in [0.2, 0.25) is 0 Å². The minimum Gasteiger partial charge on any atom is -0.368 e. The summed E-state index contributed by atoms with van der Waals surface area (Å²) < 4.78 is 14.5. The second-order valence-corrected chi connectivity index (χ2v) is 7.29. The highest BCUT2D eigenvalue weighted by Crippen LogP contribution is 2.40. The van der Waals surface area contributed by atoms with Crippen molar-refractivity contribution in [2.45, 2.75) is 5.54 Å². The quantitative estimate of drug-likeness (QED) is 0.292. The number of nitrogens with zero attached hydrogens (tertiary/aromatic N) is 1. The van der Waals surface area contributed by atoms with Crippen molar-refractivity contribution >= 4 is 21.6 Å². The number of halogens is 2. The molecule has 2 nitrogen and oxygen atoms in total. The zero-order valence-corrected chi connectivity index (χ0v) is 16.6. The molecule has 0 amide bonds. The van der Waals surface area contributed by atoms with Crippen molar-refractivity contribution in [1.82, 2.24) is 4.98 Å². The van der Waals surface area contributed by atoms with Gasteiger partial charge in [-0.25, -0.2) is 4.98 Å². The summed E-state index contributed by atoms with van der Waals surface area (Å²) in [6, 6.07) is 33.8. The van der Waals surface area contributed by atoms with Crippen molar-refractivity contribution in [3.8, 4) is 0 Å². The van der Waals surface area contributed by atoms with Gasteiger partial charge in [0.05, 0.1) is 0 Å². The Hall–Kier alpha value is -2.98. The van der Waals surface area contributed by atoms with Gasteiger partial charge in [0, 0.05) is 11.8 Å². The molecule has 0 aliphatic heterocycles. The van der Waals surface area contributed by atoms with Crippen LogP contribution in [0.5, 0.6) is 0 Å². The maximum absolute atomic E-state index is 14.0. The summed E-state index contributed by atoms with van der Waals surface area (Å²) in [6.07, 6.45) is 0. The molecule has 4 rings (SSSR count). The van der Waals surface area contributed by atoms with Gasteiger partial charge in [-0.3, -0.25) is 0 Å². The number of hydrogen-bond donors (Lipinski definition) is 1. The predicted octanol–water partition coefficient (Wildman–Crippen LogP) is 6.39. The Kier molecular flexibility index (Phi) is 5.22. The summed E-state index contributed by atoms with van der Waals surface area (Å²) in [5.74, 6) is -0.542. The summed E-state index contributed by atoms with van der Waals surface area (Å²) >= 11 is 3.30. The molecule has 0 unspecified atom stereocenters. The van der Waals surface area contributed by atoms with Crippen LogP contribution in [0.15, 0.2) is 108 Å². The molecule has 138 valence electrons. The number of pyridine rings is 1. The van der Waals surface area contributed by atoms with Crippen molar-refractivity contribution < 1.29 is 4.39 Å². The van der Waals surface area contributed by atoms with E-state index in [1.165, 1.54) is 6.07 Å². The fourth-order valence-electron chi connectivity index (χ4n) is 3.53. The Morgan fingerprint density at radius 2 is 1.11 bits per heavy atom. The summed E-state index contributed by atoms with van der Waals surface area (Å²) in [6.45, 7) is 0. The Balaban J connectivity index is 2.01. The molecule has 1 heterocycles.